The van der Waals surface area contributed by atoms with Crippen molar-refractivity contribution in [3.05, 3.63) is 29.7 Å². The van der Waals surface area contributed by atoms with Crippen molar-refractivity contribution in [2.24, 2.45) is 5.73 Å². The molecular formula is C12H15N3O. The largest absolute Gasteiger partial charge is 0.439 e. The van der Waals surface area contributed by atoms with Crippen LogP contribution in [0.1, 0.15) is 30.3 Å². The molecular weight excluding hydrogens is 202 g/mol. The molecule has 0 saturated carbocycles. The van der Waals surface area contributed by atoms with Gasteiger partial charge in [0.2, 0.25) is 5.89 Å². The van der Waals surface area contributed by atoms with Crippen molar-refractivity contribution in [3.8, 4) is 0 Å². The van der Waals surface area contributed by atoms with Crippen molar-refractivity contribution < 1.29 is 4.42 Å². The van der Waals surface area contributed by atoms with Crippen molar-refractivity contribution in [2.75, 3.05) is 6.54 Å². The second kappa shape index (κ2) is 3.88. The van der Waals surface area contributed by atoms with E-state index in [0.29, 0.717) is 6.54 Å². The summed E-state index contributed by atoms with van der Waals surface area (Å²) in [4.78, 5) is 4.52. The van der Waals surface area contributed by atoms with Crippen molar-refractivity contribution in [3.63, 3.8) is 0 Å². The van der Waals surface area contributed by atoms with Crippen LogP contribution in [-0.2, 0) is 6.54 Å². The van der Waals surface area contributed by atoms with E-state index in [0.717, 1.165) is 35.5 Å². The van der Waals surface area contributed by atoms with Gasteiger partial charge in [-0.1, -0.05) is 6.07 Å². The Morgan fingerprint density at radius 3 is 3.19 bits per heavy atom. The summed E-state index contributed by atoms with van der Waals surface area (Å²) in [5.74, 6) is 0.807. The van der Waals surface area contributed by atoms with Gasteiger partial charge in [0.05, 0.1) is 6.04 Å². The van der Waals surface area contributed by atoms with E-state index in [1.54, 1.807) is 0 Å². The molecule has 3 rings (SSSR count). The summed E-state index contributed by atoms with van der Waals surface area (Å²) < 4.78 is 5.74. The second-order valence-corrected chi connectivity index (χ2v) is 4.21. The first-order valence-corrected chi connectivity index (χ1v) is 5.69. The number of rotatable bonds is 2. The number of oxazole rings is 1. The summed E-state index contributed by atoms with van der Waals surface area (Å²) in [5, 5.41) is 3.38. The van der Waals surface area contributed by atoms with Crippen LogP contribution in [0.3, 0.4) is 0 Å². The first kappa shape index (κ1) is 9.81. The molecule has 0 spiro atoms. The van der Waals surface area contributed by atoms with Crippen LogP contribution in [0, 0.1) is 0 Å². The van der Waals surface area contributed by atoms with Gasteiger partial charge < -0.3 is 15.5 Å². The molecule has 1 fully saturated rings. The van der Waals surface area contributed by atoms with Crippen molar-refractivity contribution in [2.45, 2.75) is 25.4 Å². The smallest absolute Gasteiger partial charge is 0.212 e. The molecule has 1 aromatic heterocycles. The molecule has 2 aromatic rings. The maximum atomic E-state index is 5.74. The van der Waals surface area contributed by atoms with Crippen LogP contribution >= 0.6 is 0 Å². The maximum absolute atomic E-state index is 5.74. The van der Waals surface area contributed by atoms with E-state index in [1.807, 2.05) is 18.2 Å². The summed E-state index contributed by atoms with van der Waals surface area (Å²) in [7, 11) is 0. The lowest BCUT2D eigenvalue weighted by molar-refractivity contribution is 0.452. The standard InChI is InChI=1S/C12H15N3O/c13-7-8-3-4-11-10(6-8)15-12(16-11)9-2-1-5-14-9/h3-4,6,9,14H,1-2,5,7,13H2. The second-order valence-electron chi connectivity index (χ2n) is 4.21. The van der Waals surface area contributed by atoms with Crippen LogP contribution in [0.15, 0.2) is 22.6 Å². The quantitative estimate of drug-likeness (QED) is 0.803. The highest BCUT2D eigenvalue weighted by atomic mass is 16.3. The zero-order valence-electron chi connectivity index (χ0n) is 9.07. The van der Waals surface area contributed by atoms with Gasteiger partial charge in [-0.05, 0) is 37.1 Å². The van der Waals surface area contributed by atoms with Crippen LogP contribution in [0.4, 0.5) is 0 Å². The molecule has 16 heavy (non-hydrogen) atoms. The summed E-state index contributed by atoms with van der Waals surface area (Å²) in [6, 6.07) is 6.22. The third-order valence-electron chi connectivity index (χ3n) is 3.06. The Morgan fingerprint density at radius 2 is 2.44 bits per heavy atom. The van der Waals surface area contributed by atoms with E-state index < -0.39 is 0 Å². The van der Waals surface area contributed by atoms with Gasteiger partial charge >= 0.3 is 0 Å². The van der Waals surface area contributed by atoms with Crippen molar-refractivity contribution in [1.29, 1.82) is 0 Å². The molecule has 1 saturated heterocycles. The summed E-state index contributed by atoms with van der Waals surface area (Å²) in [6.45, 7) is 1.59. The fourth-order valence-electron chi connectivity index (χ4n) is 2.16. The first-order chi connectivity index (χ1) is 7.86. The van der Waals surface area contributed by atoms with Crippen LogP contribution in [0.2, 0.25) is 0 Å². The molecule has 0 amide bonds. The fourth-order valence-corrected chi connectivity index (χ4v) is 2.16. The molecule has 4 heteroatoms. The van der Waals surface area contributed by atoms with Crippen molar-refractivity contribution in [1.82, 2.24) is 10.3 Å². The van der Waals surface area contributed by atoms with E-state index in [1.165, 1.54) is 6.42 Å². The number of nitrogens with zero attached hydrogens (tertiary/aromatic N) is 1. The predicted molar refractivity (Wildman–Crippen MR) is 61.9 cm³/mol. The first-order valence-electron chi connectivity index (χ1n) is 5.69. The highest BCUT2D eigenvalue weighted by Gasteiger charge is 2.21. The molecule has 0 aliphatic carbocycles. The summed E-state index contributed by atoms with van der Waals surface area (Å²) in [6.07, 6.45) is 2.30. The van der Waals surface area contributed by atoms with E-state index >= 15 is 0 Å². The molecule has 84 valence electrons. The van der Waals surface area contributed by atoms with E-state index in [2.05, 4.69) is 10.3 Å². The van der Waals surface area contributed by atoms with Crippen LogP contribution in [0.5, 0.6) is 0 Å². The van der Waals surface area contributed by atoms with E-state index in [4.69, 9.17) is 10.2 Å². The molecule has 1 aliphatic rings. The lowest BCUT2D eigenvalue weighted by Crippen LogP contribution is -2.12. The van der Waals surface area contributed by atoms with Gasteiger partial charge in [-0.3, -0.25) is 0 Å². The van der Waals surface area contributed by atoms with Gasteiger partial charge in [0, 0.05) is 6.54 Å². The Morgan fingerprint density at radius 1 is 1.50 bits per heavy atom. The van der Waals surface area contributed by atoms with Gasteiger partial charge in [0.1, 0.15) is 5.52 Å². The Hall–Kier alpha value is -1.39. The van der Waals surface area contributed by atoms with Crippen LogP contribution in [0.25, 0.3) is 11.1 Å². The van der Waals surface area contributed by atoms with Crippen LogP contribution in [-0.4, -0.2) is 11.5 Å². The number of aromatic nitrogens is 1. The topological polar surface area (TPSA) is 64.1 Å². The lowest BCUT2D eigenvalue weighted by atomic mass is 10.2. The summed E-state index contributed by atoms with van der Waals surface area (Å²) >= 11 is 0. The number of hydrogen-bond acceptors (Lipinski definition) is 4. The average Bonchev–Trinajstić information content (AvgIpc) is 2.96. The molecule has 0 bridgehead atoms. The number of nitrogens with two attached hydrogens (primary N) is 1. The van der Waals surface area contributed by atoms with Gasteiger partial charge in [0.15, 0.2) is 5.58 Å². The molecule has 1 unspecified atom stereocenters. The number of hydrogen-bond donors (Lipinski definition) is 2. The molecule has 0 radical (unpaired) electrons. The van der Waals surface area contributed by atoms with E-state index in [9.17, 15) is 0 Å². The molecule has 1 atom stereocenters. The van der Waals surface area contributed by atoms with Gasteiger partial charge in [-0.15, -0.1) is 0 Å². The molecule has 4 nitrogen and oxygen atoms in total. The van der Waals surface area contributed by atoms with Gasteiger partial charge in [-0.2, -0.15) is 0 Å². The highest BCUT2D eigenvalue weighted by molar-refractivity contribution is 5.73. The number of fused-ring (bicyclic) bond motifs is 1. The Bertz CT molecular complexity index is 500. The monoisotopic (exact) mass is 217 g/mol. The van der Waals surface area contributed by atoms with E-state index in [-0.39, 0.29) is 6.04 Å². The zero-order valence-corrected chi connectivity index (χ0v) is 9.07. The third-order valence-corrected chi connectivity index (χ3v) is 3.06. The minimum absolute atomic E-state index is 0.286. The average molecular weight is 217 g/mol. The predicted octanol–water partition coefficient (Wildman–Crippen LogP) is 1.71. The fraction of sp³-hybridized carbons (Fsp3) is 0.417. The maximum Gasteiger partial charge on any atom is 0.212 e. The zero-order chi connectivity index (χ0) is 11.0. The van der Waals surface area contributed by atoms with Crippen LogP contribution < -0.4 is 11.1 Å². The molecule has 3 N–H and O–H groups in total. The minimum Gasteiger partial charge on any atom is -0.439 e. The SMILES string of the molecule is NCc1ccc2oc(C3CCCN3)nc2c1. The highest BCUT2D eigenvalue weighted by Crippen LogP contribution is 2.26. The molecule has 2 heterocycles. The summed E-state index contributed by atoms with van der Waals surface area (Å²) in [5.41, 5.74) is 8.45. The van der Waals surface area contributed by atoms with Crippen molar-refractivity contribution >= 4 is 11.1 Å². The molecule has 1 aliphatic heterocycles. The number of nitrogens with one attached hydrogen (secondary N) is 1. The minimum atomic E-state index is 0.286. The Balaban J connectivity index is 2.01. The Labute approximate surface area is 93.8 Å². The third kappa shape index (κ3) is 1.60. The normalized spacial score (nSPS) is 20.7. The number of benzene rings is 1. The van der Waals surface area contributed by atoms with Gasteiger partial charge in [0.25, 0.3) is 0 Å². The van der Waals surface area contributed by atoms with Gasteiger partial charge in [-0.25, -0.2) is 4.98 Å². The lowest BCUT2D eigenvalue weighted by Gasteiger charge is -2.02. The molecule has 1 aromatic carbocycles. The Kier molecular flexibility index (Phi) is 2.38.